The average molecular weight is 290 g/mol. The van der Waals surface area contributed by atoms with Gasteiger partial charge in [0.25, 0.3) is 0 Å². The van der Waals surface area contributed by atoms with E-state index in [0.717, 1.165) is 6.42 Å². The maximum Gasteiger partial charge on any atom is 0.228 e. The highest BCUT2D eigenvalue weighted by Gasteiger charge is 2.35. The summed E-state index contributed by atoms with van der Waals surface area (Å²) in [6.07, 6.45) is 2.06. The molecule has 0 spiro atoms. The van der Waals surface area contributed by atoms with Gasteiger partial charge in [0.05, 0.1) is 6.26 Å². The molecule has 112 valence electrons. The molecule has 0 aromatic carbocycles. The quantitative estimate of drug-likeness (QED) is 0.781. The van der Waals surface area contributed by atoms with Crippen molar-refractivity contribution in [3.8, 4) is 0 Å². The number of piperazine rings is 1. The second kappa shape index (κ2) is 5.79. The van der Waals surface area contributed by atoms with Crippen LogP contribution in [0.25, 0.3) is 0 Å². The molecule has 1 rings (SSSR count). The zero-order valence-corrected chi connectivity index (χ0v) is 13.5. The SMILES string of the molecule is CC(C)CC(C)(C)C(=O)N1CCN(S(C)(=O)=O)CC1. The van der Waals surface area contributed by atoms with E-state index in [4.69, 9.17) is 0 Å². The monoisotopic (exact) mass is 290 g/mol. The summed E-state index contributed by atoms with van der Waals surface area (Å²) in [4.78, 5) is 14.3. The maximum atomic E-state index is 12.5. The largest absolute Gasteiger partial charge is 0.340 e. The van der Waals surface area contributed by atoms with Crippen molar-refractivity contribution in [2.45, 2.75) is 34.1 Å². The summed E-state index contributed by atoms with van der Waals surface area (Å²) in [6, 6.07) is 0. The first-order chi connectivity index (χ1) is 8.54. The first-order valence-electron chi connectivity index (χ1n) is 6.78. The van der Waals surface area contributed by atoms with Crippen LogP contribution in [-0.2, 0) is 14.8 Å². The van der Waals surface area contributed by atoms with Gasteiger partial charge in [-0.15, -0.1) is 0 Å². The van der Waals surface area contributed by atoms with Gasteiger partial charge in [-0.3, -0.25) is 4.79 Å². The number of carbonyl (C=O) groups is 1. The van der Waals surface area contributed by atoms with Gasteiger partial charge in [0.2, 0.25) is 15.9 Å². The molecule has 0 aromatic rings. The standard InChI is InChI=1S/C13H26N2O3S/c1-11(2)10-13(3,4)12(16)14-6-8-15(9-7-14)19(5,17)18/h11H,6-10H2,1-5H3. The van der Waals surface area contributed by atoms with E-state index in [2.05, 4.69) is 13.8 Å². The highest BCUT2D eigenvalue weighted by atomic mass is 32.2. The van der Waals surface area contributed by atoms with Crippen LogP contribution in [0.15, 0.2) is 0 Å². The lowest BCUT2D eigenvalue weighted by Crippen LogP contribution is -2.53. The fourth-order valence-electron chi connectivity index (χ4n) is 2.76. The Labute approximate surface area is 117 Å². The summed E-state index contributed by atoms with van der Waals surface area (Å²) in [6.45, 7) is 9.95. The highest BCUT2D eigenvalue weighted by molar-refractivity contribution is 7.88. The molecule has 5 nitrogen and oxygen atoms in total. The molecule has 1 fully saturated rings. The Balaban J connectivity index is 2.63. The second-order valence-electron chi connectivity index (χ2n) is 6.44. The van der Waals surface area contributed by atoms with Crippen LogP contribution in [0.4, 0.5) is 0 Å². The summed E-state index contributed by atoms with van der Waals surface area (Å²) < 4.78 is 24.3. The summed E-state index contributed by atoms with van der Waals surface area (Å²) in [5.74, 6) is 0.602. The lowest BCUT2D eigenvalue weighted by Gasteiger charge is -2.38. The van der Waals surface area contributed by atoms with Crippen molar-refractivity contribution in [2.24, 2.45) is 11.3 Å². The summed E-state index contributed by atoms with van der Waals surface area (Å²) in [5, 5.41) is 0. The summed E-state index contributed by atoms with van der Waals surface area (Å²) >= 11 is 0. The minimum absolute atomic E-state index is 0.134. The Morgan fingerprint density at radius 1 is 1.16 bits per heavy atom. The fourth-order valence-corrected chi connectivity index (χ4v) is 3.59. The Bertz CT molecular complexity index is 421. The maximum absolute atomic E-state index is 12.5. The van der Waals surface area contributed by atoms with Gasteiger partial charge in [0.15, 0.2) is 0 Å². The molecule has 1 heterocycles. The molecule has 19 heavy (non-hydrogen) atoms. The summed E-state index contributed by atoms with van der Waals surface area (Å²) in [5.41, 5.74) is -0.374. The predicted octanol–water partition coefficient (Wildman–Crippen LogP) is 1.16. The number of carbonyl (C=O) groups excluding carboxylic acids is 1. The molecular formula is C13H26N2O3S. The van der Waals surface area contributed by atoms with Crippen molar-refractivity contribution in [3.63, 3.8) is 0 Å². The second-order valence-corrected chi connectivity index (χ2v) is 8.42. The number of hydrogen-bond acceptors (Lipinski definition) is 3. The third-order valence-corrected chi connectivity index (χ3v) is 4.80. The van der Waals surface area contributed by atoms with Crippen LogP contribution < -0.4 is 0 Å². The third-order valence-electron chi connectivity index (χ3n) is 3.49. The van der Waals surface area contributed by atoms with Crippen molar-refractivity contribution in [1.82, 2.24) is 9.21 Å². The van der Waals surface area contributed by atoms with Crippen molar-refractivity contribution in [2.75, 3.05) is 32.4 Å². The molecule has 1 saturated heterocycles. The van der Waals surface area contributed by atoms with Crippen LogP contribution in [0.3, 0.4) is 0 Å². The van der Waals surface area contributed by atoms with Gasteiger partial charge in [-0.05, 0) is 12.3 Å². The van der Waals surface area contributed by atoms with Gasteiger partial charge in [-0.1, -0.05) is 27.7 Å². The molecule has 0 aromatic heterocycles. The molecule has 1 amide bonds. The van der Waals surface area contributed by atoms with Gasteiger partial charge >= 0.3 is 0 Å². The van der Waals surface area contributed by atoms with E-state index in [1.54, 1.807) is 4.90 Å². The molecule has 1 aliphatic rings. The van der Waals surface area contributed by atoms with E-state index >= 15 is 0 Å². The molecule has 0 N–H and O–H groups in total. The first-order valence-corrected chi connectivity index (χ1v) is 8.63. The lowest BCUT2D eigenvalue weighted by atomic mass is 9.82. The Kier molecular flexibility index (Phi) is 5.01. The van der Waals surface area contributed by atoms with Crippen molar-refractivity contribution in [3.05, 3.63) is 0 Å². The van der Waals surface area contributed by atoms with Gasteiger partial charge in [-0.25, -0.2) is 8.42 Å². The van der Waals surface area contributed by atoms with Crippen LogP contribution in [0.5, 0.6) is 0 Å². The smallest absolute Gasteiger partial charge is 0.228 e. The number of nitrogens with zero attached hydrogens (tertiary/aromatic N) is 2. The molecule has 0 unspecified atom stereocenters. The van der Waals surface area contributed by atoms with E-state index in [9.17, 15) is 13.2 Å². The first kappa shape index (κ1) is 16.4. The number of sulfonamides is 1. The molecule has 0 bridgehead atoms. The van der Waals surface area contributed by atoms with Gasteiger partial charge in [0.1, 0.15) is 0 Å². The van der Waals surface area contributed by atoms with Crippen LogP contribution in [0, 0.1) is 11.3 Å². The number of hydrogen-bond donors (Lipinski definition) is 0. The van der Waals surface area contributed by atoms with Gasteiger partial charge in [0, 0.05) is 31.6 Å². The Morgan fingerprint density at radius 3 is 2.00 bits per heavy atom. The molecule has 0 saturated carbocycles. The van der Waals surface area contributed by atoms with E-state index in [-0.39, 0.29) is 11.3 Å². The normalized spacial score (nSPS) is 18.9. The molecular weight excluding hydrogens is 264 g/mol. The van der Waals surface area contributed by atoms with Crippen molar-refractivity contribution >= 4 is 15.9 Å². The Hall–Kier alpha value is -0.620. The van der Waals surface area contributed by atoms with Crippen LogP contribution in [-0.4, -0.2) is 56.0 Å². The average Bonchev–Trinajstić information content (AvgIpc) is 2.25. The van der Waals surface area contributed by atoms with Gasteiger partial charge < -0.3 is 4.90 Å². The minimum Gasteiger partial charge on any atom is -0.340 e. The van der Waals surface area contributed by atoms with Crippen LogP contribution in [0.1, 0.15) is 34.1 Å². The molecule has 1 aliphatic heterocycles. The summed E-state index contributed by atoms with van der Waals surface area (Å²) in [7, 11) is -3.13. The predicted molar refractivity (Wildman–Crippen MR) is 76.2 cm³/mol. The molecule has 0 aliphatic carbocycles. The van der Waals surface area contributed by atoms with Crippen LogP contribution in [0.2, 0.25) is 0 Å². The number of rotatable bonds is 4. The van der Waals surface area contributed by atoms with E-state index in [0.29, 0.717) is 32.1 Å². The zero-order chi connectivity index (χ0) is 14.8. The zero-order valence-electron chi connectivity index (χ0n) is 12.6. The molecule has 6 heteroatoms. The van der Waals surface area contributed by atoms with E-state index < -0.39 is 10.0 Å². The lowest BCUT2D eigenvalue weighted by molar-refractivity contribution is -0.142. The van der Waals surface area contributed by atoms with Crippen molar-refractivity contribution < 1.29 is 13.2 Å². The molecule has 0 atom stereocenters. The van der Waals surface area contributed by atoms with Gasteiger partial charge in [-0.2, -0.15) is 4.31 Å². The van der Waals surface area contributed by atoms with E-state index in [1.165, 1.54) is 10.6 Å². The van der Waals surface area contributed by atoms with E-state index in [1.807, 2.05) is 13.8 Å². The topological polar surface area (TPSA) is 57.7 Å². The Morgan fingerprint density at radius 2 is 1.63 bits per heavy atom. The van der Waals surface area contributed by atoms with Crippen LogP contribution >= 0.6 is 0 Å². The highest BCUT2D eigenvalue weighted by Crippen LogP contribution is 2.28. The molecule has 0 radical (unpaired) electrons. The van der Waals surface area contributed by atoms with Crippen molar-refractivity contribution in [1.29, 1.82) is 0 Å². The third kappa shape index (κ3) is 4.45. The fraction of sp³-hybridized carbons (Fsp3) is 0.923. The minimum atomic E-state index is -3.13. The number of amides is 1.